The molecular weight excluding hydrogens is 721 g/mol. The van der Waals surface area contributed by atoms with Crippen molar-refractivity contribution in [1.29, 1.82) is 0 Å². The van der Waals surface area contributed by atoms with E-state index in [9.17, 15) is 14.3 Å². The van der Waals surface area contributed by atoms with Crippen molar-refractivity contribution in [2.24, 2.45) is 0 Å². The molecule has 0 N–H and O–H groups in total. The smallest absolute Gasteiger partial charge is 0.306 e. The van der Waals surface area contributed by atoms with Crippen LogP contribution in [0.1, 0.15) is 239 Å². The summed E-state index contributed by atoms with van der Waals surface area (Å²) in [5.74, 6) is -0.327. The first-order chi connectivity index (χ1) is 27.1. The Morgan fingerprint density at radius 1 is 0.482 bits per heavy atom. The van der Waals surface area contributed by atoms with Crippen LogP contribution < -0.4 is 4.89 Å². The van der Waals surface area contributed by atoms with Crippen LogP contribution in [0.4, 0.5) is 0 Å². The highest BCUT2D eigenvalue weighted by atomic mass is 31.2. The Bertz CT molecular complexity index is 868. The Hall–Kier alpha value is -0.500. The van der Waals surface area contributed by atoms with Crippen molar-refractivity contribution >= 4 is 13.8 Å². The lowest BCUT2D eigenvalue weighted by molar-refractivity contribution is -0.870. The third-order valence-corrected chi connectivity index (χ3v) is 11.9. The van der Waals surface area contributed by atoms with Gasteiger partial charge in [0.1, 0.15) is 19.3 Å². The molecule has 0 bridgehead atoms. The van der Waals surface area contributed by atoms with E-state index in [-0.39, 0.29) is 25.8 Å². The van der Waals surface area contributed by atoms with E-state index in [4.69, 9.17) is 18.5 Å². The molecule has 9 heteroatoms. The lowest BCUT2D eigenvalue weighted by atomic mass is 10.0. The zero-order chi connectivity index (χ0) is 41.3. The topological polar surface area (TPSA) is 94.1 Å². The van der Waals surface area contributed by atoms with E-state index < -0.39 is 13.9 Å². The van der Waals surface area contributed by atoms with Crippen molar-refractivity contribution in [1.82, 2.24) is 0 Å². The molecule has 0 aliphatic carbocycles. The summed E-state index contributed by atoms with van der Waals surface area (Å²) < 4.78 is 34.7. The predicted molar refractivity (Wildman–Crippen MR) is 236 cm³/mol. The molecule has 0 amide bonds. The summed E-state index contributed by atoms with van der Waals surface area (Å²) >= 11 is 0. The number of likely N-dealkylation sites (N-methyl/N-ethyl adjacent to an activating group) is 1. The van der Waals surface area contributed by atoms with Crippen LogP contribution >= 0.6 is 7.82 Å². The minimum atomic E-state index is -4.52. The molecule has 0 aliphatic rings. The van der Waals surface area contributed by atoms with Crippen LogP contribution in [0.3, 0.4) is 0 Å². The highest BCUT2D eigenvalue weighted by Crippen LogP contribution is 2.38. The van der Waals surface area contributed by atoms with E-state index in [0.29, 0.717) is 24.1 Å². The average Bonchev–Trinajstić information content (AvgIpc) is 3.15. The van der Waals surface area contributed by atoms with Crippen LogP contribution in [-0.4, -0.2) is 70.7 Å². The molecule has 0 aromatic rings. The number of hydrogen-bond donors (Lipinski definition) is 0. The van der Waals surface area contributed by atoms with Gasteiger partial charge in [0, 0.05) is 13.0 Å². The van der Waals surface area contributed by atoms with Crippen LogP contribution in [0, 0.1) is 0 Å². The Balaban J connectivity index is 4.09. The van der Waals surface area contributed by atoms with E-state index in [2.05, 4.69) is 13.8 Å². The van der Waals surface area contributed by atoms with E-state index in [0.717, 1.165) is 32.1 Å². The molecule has 0 aromatic carbocycles. The highest BCUT2D eigenvalue weighted by Gasteiger charge is 2.20. The van der Waals surface area contributed by atoms with Gasteiger partial charge >= 0.3 is 5.97 Å². The van der Waals surface area contributed by atoms with Gasteiger partial charge in [0.05, 0.1) is 34.4 Å². The third-order valence-electron chi connectivity index (χ3n) is 10.9. The normalized spacial score (nSPS) is 13.6. The first-order valence-electron chi connectivity index (χ1n) is 24.3. The molecule has 0 saturated carbocycles. The van der Waals surface area contributed by atoms with Crippen molar-refractivity contribution in [2.75, 3.05) is 54.1 Å². The molecule has 0 radical (unpaired) electrons. The molecule has 0 saturated heterocycles. The minimum absolute atomic E-state index is 0.0315. The van der Waals surface area contributed by atoms with E-state index >= 15 is 0 Å². The van der Waals surface area contributed by atoms with Crippen molar-refractivity contribution in [3.05, 3.63) is 0 Å². The van der Waals surface area contributed by atoms with Gasteiger partial charge in [-0.15, -0.1) is 0 Å². The highest BCUT2D eigenvalue weighted by molar-refractivity contribution is 7.45. The standard InChI is InChI=1S/C47H96NO7P/c1-6-8-10-12-14-16-18-20-22-23-24-25-26-27-29-31-33-35-37-39-42-52-44-46(45-54-56(50,51)53-43-41-48(3,4)5)55-47(49)40-38-36-34-32-30-28-21-19-17-15-13-11-9-7-2/h46H,6-45H2,1-5H3/t46-/m1/s1. The molecule has 0 spiro atoms. The van der Waals surface area contributed by atoms with Gasteiger partial charge in [-0.3, -0.25) is 9.36 Å². The Labute approximate surface area is 348 Å². The fraction of sp³-hybridized carbons (Fsp3) is 0.979. The van der Waals surface area contributed by atoms with Gasteiger partial charge in [0.15, 0.2) is 0 Å². The van der Waals surface area contributed by atoms with Crippen LogP contribution in [0.2, 0.25) is 0 Å². The maximum Gasteiger partial charge on any atom is 0.306 e. The Morgan fingerprint density at radius 2 is 0.821 bits per heavy atom. The summed E-state index contributed by atoms with van der Waals surface area (Å²) in [7, 11) is 1.38. The summed E-state index contributed by atoms with van der Waals surface area (Å²) in [6.45, 7) is 5.48. The number of esters is 1. The van der Waals surface area contributed by atoms with Gasteiger partial charge in [-0.1, -0.05) is 219 Å². The van der Waals surface area contributed by atoms with Crippen LogP contribution in [0.15, 0.2) is 0 Å². The number of carbonyl (C=O) groups is 1. The lowest BCUT2D eigenvalue weighted by Gasteiger charge is -2.28. The number of carbonyl (C=O) groups excluding carboxylic acids is 1. The quantitative estimate of drug-likeness (QED) is 0.0261. The fourth-order valence-corrected chi connectivity index (χ4v) is 7.87. The SMILES string of the molecule is CCCCCCCCCCCCCCCCCCCCCCOC[C@H](COP(=O)([O-])OCC[N+](C)(C)C)OC(=O)CCCCCCCCCCCCCCCC. The maximum absolute atomic E-state index is 12.7. The molecular formula is C47H96NO7P. The van der Waals surface area contributed by atoms with Gasteiger partial charge in [-0.05, 0) is 12.8 Å². The van der Waals surface area contributed by atoms with Gasteiger partial charge in [-0.2, -0.15) is 0 Å². The fourth-order valence-electron chi connectivity index (χ4n) is 7.14. The van der Waals surface area contributed by atoms with Crippen molar-refractivity contribution in [2.45, 2.75) is 245 Å². The Morgan fingerprint density at radius 3 is 1.18 bits per heavy atom. The molecule has 56 heavy (non-hydrogen) atoms. The molecule has 0 aliphatic heterocycles. The number of unbranched alkanes of at least 4 members (excludes halogenated alkanes) is 32. The van der Waals surface area contributed by atoms with E-state index in [1.807, 2.05) is 21.1 Å². The zero-order valence-electron chi connectivity index (χ0n) is 38.1. The second-order valence-corrected chi connectivity index (χ2v) is 19.3. The van der Waals surface area contributed by atoms with Crippen LogP contribution in [0.25, 0.3) is 0 Å². The Kier molecular flexibility index (Phi) is 40.9. The monoisotopic (exact) mass is 818 g/mol. The molecule has 0 rings (SSSR count). The summed E-state index contributed by atoms with van der Waals surface area (Å²) in [4.78, 5) is 25.1. The van der Waals surface area contributed by atoms with Crippen molar-refractivity contribution in [3.63, 3.8) is 0 Å². The minimum Gasteiger partial charge on any atom is -0.756 e. The predicted octanol–water partition coefficient (Wildman–Crippen LogP) is 13.8. The molecule has 336 valence electrons. The van der Waals surface area contributed by atoms with Gasteiger partial charge in [0.25, 0.3) is 7.82 Å². The van der Waals surface area contributed by atoms with E-state index in [1.54, 1.807) is 0 Å². The van der Waals surface area contributed by atoms with Gasteiger partial charge in [-0.25, -0.2) is 0 Å². The van der Waals surface area contributed by atoms with Crippen molar-refractivity contribution in [3.8, 4) is 0 Å². The number of phosphoric ester groups is 1. The second-order valence-electron chi connectivity index (χ2n) is 17.8. The third kappa shape index (κ3) is 44.6. The molecule has 0 fully saturated rings. The molecule has 8 nitrogen and oxygen atoms in total. The largest absolute Gasteiger partial charge is 0.756 e. The van der Waals surface area contributed by atoms with Crippen molar-refractivity contribution < 1.29 is 37.3 Å². The maximum atomic E-state index is 12.7. The number of hydrogen-bond acceptors (Lipinski definition) is 7. The molecule has 0 aromatic heterocycles. The number of quaternary nitrogens is 1. The lowest BCUT2D eigenvalue weighted by Crippen LogP contribution is -2.37. The number of nitrogens with zero attached hydrogens (tertiary/aromatic N) is 1. The van der Waals surface area contributed by atoms with Crippen LogP contribution in [-0.2, 0) is 27.9 Å². The van der Waals surface area contributed by atoms with Gasteiger partial charge in [0.2, 0.25) is 0 Å². The summed E-state index contributed by atoms with van der Waals surface area (Å²) in [6.07, 6.45) is 44.0. The second kappa shape index (κ2) is 41.2. The number of rotatable bonds is 46. The molecule has 0 heterocycles. The molecule has 1 unspecified atom stereocenters. The van der Waals surface area contributed by atoms with E-state index in [1.165, 1.54) is 186 Å². The summed E-state index contributed by atoms with van der Waals surface area (Å²) in [5, 5.41) is 0. The molecule has 2 atom stereocenters. The summed E-state index contributed by atoms with van der Waals surface area (Å²) in [5.41, 5.74) is 0. The first-order valence-corrected chi connectivity index (χ1v) is 25.7. The summed E-state index contributed by atoms with van der Waals surface area (Å²) in [6, 6.07) is 0. The average molecular weight is 818 g/mol. The van der Waals surface area contributed by atoms with Crippen LogP contribution in [0.5, 0.6) is 0 Å². The zero-order valence-corrected chi connectivity index (χ0v) is 39.0. The first kappa shape index (κ1) is 55.5. The number of ether oxygens (including phenoxy) is 2. The van der Waals surface area contributed by atoms with Gasteiger partial charge < -0.3 is 27.9 Å². The number of phosphoric acid groups is 1.